The molecular formula is C20H19ClN4O2S. The number of halogens is 1. The maximum Gasteiger partial charge on any atom is 0.137 e. The highest BCUT2D eigenvalue weighted by Crippen LogP contribution is 2.33. The second-order valence-corrected chi connectivity index (χ2v) is 7.63. The number of nitrogens with zero attached hydrogens (tertiary/aromatic N) is 4. The van der Waals surface area contributed by atoms with Gasteiger partial charge in [-0.05, 0) is 45.0 Å². The van der Waals surface area contributed by atoms with E-state index in [-0.39, 0.29) is 0 Å². The lowest BCUT2D eigenvalue weighted by Crippen LogP contribution is -1.93. The molecule has 0 bridgehead atoms. The zero-order valence-corrected chi connectivity index (χ0v) is 17.3. The zero-order valence-electron chi connectivity index (χ0n) is 15.8. The Balaban J connectivity index is 1.64. The number of hydrogen-bond acceptors (Lipinski definition) is 6. The van der Waals surface area contributed by atoms with Crippen LogP contribution >= 0.6 is 23.4 Å². The van der Waals surface area contributed by atoms with Crippen LogP contribution in [0.25, 0.3) is 16.8 Å². The molecule has 0 aliphatic heterocycles. The van der Waals surface area contributed by atoms with Crippen molar-refractivity contribution < 1.29 is 9.26 Å². The van der Waals surface area contributed by atoms with Crippen LogP contribution < -0.4 is 4.74 Å². The molecule has 0 amide bonds. The Labute approximate surface area is 171 Å². The Bertz CT molecular complexity index is 1120. The summed E-state index contributed by atoms with van der Waals surface area (Å²) in [6, 6.07) is 7.73. The van der Waals surface area contributed by atoms with Crippen molar-refractivity contribution >= 4 is 28.9 Å². The van der Waals surface area contributed by atoms with Gasteiger partial charge in [-0.2, -0.15) is 5.10 Å². The number of ether oxygens (including phenoxy) is 1. The van der Waals surface area contributed by atoms with Crippen LogP contribution in [0, 0.1) is 13.8 Å². The van der Waals surface area contributed by atoms with Crippen molar-refractivity contribution in [1.29, 1.82) is 0 Å². The summed E-state index contributed by atoms with van der Waals surface area (Å²) in [5.41, 5.74) is 4.72. The zero-order chi connectivity index (χ0) is 19.7. The Morgan fingerprint density at radius 1 is 1.25 bits per heavy atom. The molecule has 3 heterocycles. The molecule has 28 heavy (non-hydrogen) atoms. The van der Waals surface area contributed by atoms with E-state index in [1.807, 2.05) is 55.7 Å². The number of thioether (sulfide) groups is 1. The molecule has 0 spiro atoms. The number of aromatic nitrogens is 4. The van der Waals surface area contributed by atoms with Gasteiger partial charge in [0.15, 0.2) is 0 Å². The number of aryl methyl sites for hydroxylation is 2. The molecule has 0 N–H and O–H groups in total. The first-order valence-electron chi connectivity index (χ1n) is 8.88. The highest BCUT2D eigenvalue weighted by Gasteiger charge is 2.14. The molecule has 0 fully saturated rings. The summed E-state index contributed by atoms with van der Waals surface area (Å²) in [6.07, 6.45) is 3.60. The summed E-state index contributed by atoms with van der Waals surface area (Å²) < 4.78 is 12.6. The summed E-state index contributed by atoms with van der Waals surface area (Å²) in [5.74, 6) is 2.26. The first-order valence-corrected chi connectivity index (χ1v) is 10.2. The Kier molecular flexibility index (Phi) is 5.28. The van der Waals surface area contributed by atoms with Crippen molar-refractivity contribution in [3.63, 3.8) is 0 Å². The largest absolute Gasteiger partial charge is 0.492 e. The average Bonchev–Trinajstić information content (AvgIpc) is 3.26. The molecule has 6 nitrogen and oxygen atoms in total. The highest BCUT2D eigenvalue weighted by atomic mass is 35.5. The lowest BCUT2D eigenvalue weighted by molar-refractivity contribution is 0.340. The molecule has 3 aromatic heterocycles. The number of hydrogen-bond donors (Lipinski definition) is 0. The standard InChI is InChI=1S/C20H19ClN4O2S/c1-4-26-19-6-5-14(9-16(19)21)17-10-18-20(22-7-8-25(18)23-17)28-11-15-12(2)24-27-13(15)3/h5-10H,4,11H2,1-3H3. The molecular weight excluding hydrogens is 396 g/mol. The lowest BCUT2D eigenvalue weighted by Gasteiger charge is -2.06. The minimum absolute atomic E-state index is 0.572. The van der Waals surface area contributed by atoms with Crippen LogP contribution in [0.2, 0.25) is 5.02 Å². The van der Waals surface area contributed by atoms with Gasteiger partial charge < -0.3 is 9.26 Å². The van der Waals surface area contributed by atoms with E-state index in [2.05, 4.69) is 15.2 Å². The maximum atomic E-state index is 6.33. The summed E-state index contributed by atoms with van der Waals surface area (Å²) in [4.78, 5) is 4.53. The molecule has 0 aliphatic rings. The van der Waals surface area contributed by atoms with Crippen LogP contribution in [-0.4, -0.2) is 26.4 Å². The van der Waals surface area contributed by atoms with Crippen LogP contribution in [0.5, 0.6) is 5.75 Å². The Morgan fingerprint density at radius 3 is 2.82 bits per heavy atom. The highest BCUT2D eigenvalue weighted by molar-refractivity contribution is 7.98. The molecule has 144 valence electrons. The summed E-state index contributed by atoms with van der Waals surface area (Å²) in [7, 11) is 0. The van der Waals surface area contributed by atoms with Crippen LogP contribution in [0.4, 0.5) is 0 Å². The van der Waals surface area contributed by atoms with Gasteiger partial charge in [-0.3, -0.25) is 0 Å². The van der Waals surface area contributed by atoms with Gasteiger partial charge in [0, 0.05) is 29.3 Å². The van der Waals surface area contributed by atoms with E-state index in [1.54, 1.807) is 18.0 Å². The fourth-order valence-electron chi connectivity index (χ4n) is 2.93. The van der Waals surface area contributed by atoms with Gasteiger partial charge in [0.2, 0.25) is 0 Å². The first-order chi connectivity index (χ1) is 13.6. The Morgan fingerprint density at radius 2 is 2.11 bits per heavy atom. The van der Waals surface area contributed by atoms with Crippen LogP contribution in [0.3, 0.4) is 0 Å². The van der Waals surface area contributed by atoms with E-state index in [9.17, 15) is 0 Å². The third-order valence-corrected chi connectivity index (χ3v) is 5.73. The van der Waals surface area contributed by atoms with Crippen molar-refractivity contribution in [1.82, 2.24) is 19.8 Å². The SMILES string of the molecule is CCOc1ccc(-c2cc3c(SCc4c(C)noc4C)nccn3n2)cc1Cl. The second-order valence-electron chi connectivity index (χ2n) is 6.26. The van der Waals surface area contributed by atoms with E-state index in [1.165, 1.54) is 0 Å². The number of fused-ring (bicyclic) bond motifs is 1. The predicted molar refractivity (Wildman–Crippen MR) is 110 cm³/mol. The summed E-state index contributed by atoms with van der Waals surface area (Å²) in [5, 5.41) is 10.2. The molecule has 0 unspecified atom stereocenters. The summed E-state index contributed by atoms with van der Waals surface area (Å²) >= 11 is 7.97. The molecule has 0 saturated heterocycles. The van der Waals surface area contributed by atoms with Crippen molar-refractivity contribution in [2.45, 2.75) is 31.6 Å². The minimum atomic E-state index is 0.572. The third kappa shape index (κ3) is 3.59. The molecule has 4 rings (SSSR count). The van der Waals surface area contributed by atoms with E-state index in [4.69, 9.17) is 20.9 Å². The molecule has 0 atom stereocenters. The summed E-state index contributed by atoms with van der Waals surface area (Å²) in [6.45, 7) is 6.38. The van der Waals surface area contributed by atoms with Gasteiger partial charge in [0.25, 0.3) is 0 Å². The molecule has 4 aromatic rings. The Hall–Kier alpha value is -2.51. The van der Waals surface area contributed by atoms with Crippen LogP contribution in [0.15, 0.2) is 46.2 Å². The van der Waals surface area contributed by atoms with E-state index < -0.39 is 0 Å². The topological polar surface area (TPSA) is 65.5 Å². The van der Waals surface area contributed by atoms with Crippen molar-refractivity contribution in [3.05, 3.63) is 58.7 Å². The van der Waals surface area contributed by atoms with Gasteiger partial charge in [-0.25, -0.2) is 9.50 Å². The van der Waals surface area contributed by atoms with Gasteiger partial charge in [0.05, 0.1) is 28.5 Å². The van der Waals surface area contributed by atoms with Crippen molar-refractivity contribution in [2.75, 3.05) is 6.61 Å². The van der Waals surface area contributed by atoms with Gasteiger partial charge >= 0.3 is 0 Å². The van der Waals surface area contributed by atoms with Gasteiger partial charge in [-0.15, -0.1) is 0 Å². The molecule has 0 radical (unpaired) electrons. The fourth-order valence-corrected chi connectivity index (χ4v) is 4.30. The predicted octanol–water partition coefficient (Wildman–Crippen LogP) is 5.35. The van der Waals surface area contributed by atoms with Crippen molar-refractivity contribution in [3.8, 4) is 17.0 Å². The third-order valence-electron chi connectivity index (χ3n) is 4.42. The van der Waals surface area contributed by atoms with Gasteiger partial charge in [0.1, 0.15) is 16.5 Å². The second kappa shape index (κ2) is 7.85. The molecule has 8 heteroatoms. The quantitative estimate of drug-likeness (QED) is 0.396. The fraction of sp³-hybridized carbons (Fsp3) is 0.250. The number of benzene rings is 1. The molecule has 0 saturated carbocycles. The van der Waals surface area contributed by atoms with Crippen LogP contribution in [0.1, 0.15) is 23.9 Å². The van der Waals surface area contributed by atoms with Gasteiger partial charge in [-0.1, -0.05) is 28.5 Å². The lowest BCUT2D eigenvalue weighted by atomic mass is 10.1. The number of rotatable bonds is 6. The van der Waals surface area contributed by atoms with E-state index >= 15 is 0 Å². The van der Waals surface area contributed by atoms with Crippen LogP contribution in [-0.2, 0) is 5.75 Å². The monoisotopic (exact) mass is 414 g/mol. The molecule has 0 aliphatic carbocycles. The normalized spacial score (nSPS) is 11.3. The first kappa shape index (κ1) is 18.8. The van der Waals surface area contributed by atoms with E-state index in [0.29, 0.717) is 17.4 Å². The average molecular weight is 415 g/mol. The minimum Gasteiger partial charge on any atom is -0.492 e. The van der Waals surface area contributed by atoms with E-state index in [0.717, 1.165) is 44.6 Å². The maximum absolute atomic E-state index is 6.33. The molecule has 1 aromatic carbocycles. The van der Waals surface area contributed by atoms with Crippen molar-refractivity contribution in [2.24, 2.45) is 0 Å². The smallest absolute Gasteiger partial charge is 0.137 e.